The van der Waals surface area contributed by atoms with Gasteiger partial charge in [-0.25, -0.2) is 4.98 Å². The Balaban J connectivity index is 2.03. The van der Waals surface area contributed by atoms with Gasteiger partial charge < -0.3 is 15.0 Å². The summed E-state index contributed by atoms with van der Waals surface area (Å²) in [6.07, 6.45) is 1.08. The lowest BCUT2D eigenvalue weighted by Gasteiger charge is -2.22. The molecule has 1 N–H and O–H groups in total. The normalized spacial score (nSPS) is 16.5. The van der Waals surface area contributed by atoms with E-state index in [2.05, 4.69) is 48.1 Å². The average molecular weight is 277 g/mol. The second kappa shape index (κ2) is 7.60. The summed E-state index contributed by atoms with van der Waals surface area (Å²) >= 11 is 0. The van der Waals surface area contributed by atoms with Crippen LogP contribution in [-0.2, 0) is 11.3 Å². The number of hydrogen-bond donors (Lipinski definition) is 1. The van der Waals surface area contributed by atoms with Crippen molar-refractivity contribution in [2.75, 3.05) is 37.7 Å². The van der Waals surface area contributed by atoms with Crippen LogP contribution in [0.2, 0.25) is 0 Å². The monoisotopic (exact) mass is 277 g/mol. The molecule has 4 nitrogen and oxygen atoms in total. The maximum Gasteiger partial charge on any atom is 0.129 e. The van der Waals surface area contributed by atoms with Gasteiger partial charge in [-0.15, -0.1) is 0 Å². The Bertz CT molecular complexity index is 412. The van der Waals surface area contributed by atoms with Crippen LogP contribution < -0.4 is 10.2 Å². The maximum atomic E-state index is 5.52. The fourth-order valence-corrected chi connectivity index (χ4v) is 2.47. The molecule has 2 rings (SSSR count). The zero-order valence-electron chi connectivity index (χ0n) is 13.0. The number of hydrogen-bond acceptors (Lipinski definition) is 4. The van der Waals surface area contributed by atoms with E-state index in [1.165, 1.54) is 5.56 Å². The van der Waals surface area contributed by atoms with Gasteiger partial charge in [0.15, 0.2) is 0 Å². The van der Waals surface area contributed by atoms with E-state index < -0.39 is 0 Å². The van der Waals surface area contributed by atoms with Gasteiger partial charge in [0, 0.05) is 31.9 Å². The van der Waals surface area contributed by atoms with E-state index in [-0.39, 0.29) is 0 Å². The minimum atomic E-state index is 0.681. The first-order valence-corrected chi connectivity index (χ1v) is 7.66. The molecule has 0 radical (unpaired) electrons. The smallest absolute Gasteiger partial charge is 0.129 e. The third-order valence-electron chi connectivity index (χ3n) is 3.43. The molecule has 0 bridgehead atoms. The van der Waals surface area contributed by atoms with Crippen LogP contribution in [-0.4, -0.2) is 37.8 Å². The first kappa shape index (κ1) is 15.3. The van der Waals surface area contributed by atoms with E-state index in [0.717, 1.165) is 57.3 Å². The summed E-state index contributed by atoms with van der Waals surface area (Å²) in [6, 6.07) is 4.39. The van der Waals surface area contributed by atoms with Crippen molar-refractivity contribution in [1.29, 1.82) is 0 Å². The van der Waals surface area contributed by atoms with E-state index >= 15 is 0 Å². The third-order valence-corrected chi connectivity index (χ3v) is 3.43. The summed E-state index contributed by atoms with van der Waals surface area (Å²) in [7, 11) is 0. The third kappa shape index (κ3) is 4.76. The summed E-state index contributed by atoms with van der Waals surface area (Å²) in [6.45, 7) is 12.1. The molecule has 0 unspecified atom stereocenters. The molecule has 1 aliphatic heterocycles. The van der Waals surface area contributed by atoms with Crippen LogP contribution >= 0.6 is 0 Å². The molecular formula is C16H27N3O. The van der Waals surface area contributed by atoms with Crippen molar-refractivity contribution in [3.8, 4) is 0 Å². The lowest BCUT2D eigenvalue weighted by Crippen LogP contribution is -2.27. The van der Waals surface area contributed by atoms with Crippen molar-refractivity contribution in [3.63, 3.8) is 0 Å². The quantitative estimate of drug-likeness (QED) is 0.896. The SMILES string of the molecule is Cc1cc(CNCC(C)C)cc(N2CCCOCC2)n1. The molecule has 20 heavy (non-hydrogen) atoms. The summed E-state index contributed by atoms with van der Waals surface area (Å²) in [5.74, 6) is 1.78. The van der Waals surface area contributed by atoms with Gasteiger partial charge in [-0.1, -0.05) is 13.8 Å². The van der Waals surface area contributed by atoms with Crippen molar-refractivity contribution in [1.82, 2.24) is 10.3 Å². The molecule has 2 heterocycles. The van der Waals surface area contributed by atoms with Crippen LogP contribution in [0.15, 0.2) is 12.1 Å². The van der Waals surface area contributed by atoms with Gasteiger partial charge in [0.1, 0.15) is 5.82 Å². The molecule has 112 valence electrons. The Morgan fingerprint density at radius 3 is 2.95 bits per heavy atom. The van der Waals surface area contributed by atoms with Crippen LogP contribution in [0.25, 0.3) is 0 Å². The van der Waals surface area contributed by atoms with Gasteiger partial charge >= 0.3 is 0 Å². The molecule has 0 saturated carbocycles. The predicted molar refractivity (Wildman–Crippen MR) is 83.2 cm³/mol. The van der Waals surface area contributed by atoms with E-state index in [9.17, 15) is 0 Å². The molecule has 0 atom stereocenters. The first-order valence-electron chi connectivity index (χ1n) is 7.66. The fraction of sp³-hybridized carbons (Fsp3) is 0.688. The zero-order valence-corrected chi connectivity index (χ0v) is 13.0. The van der Waals surface area contributed by atoms with Crippen LogP contribution in [0.1, 0.15) is 31.5 Å². The Morgan fingerprint density at radius 1 is 1.30 bits per heavy atom. The highest BCUT2D eigenvalue weighted by Crippen LogP contribution is 2.16. The van der Waals surface area contributed by atoms with Gasteiger partial charge in [0.05, 0.1) is 6.61 Å². The highest BCUT2D eigenvalue weighted by molar-refractivity contribution is 5.42. The molecular weight excluding hydrogens is 250 g/mol. The van der Waals surface area contributed by atoms with E-state index in [1.807, 2.05) is 0 Å². The van der Waals surface area contributed by atoms with Gasteiger partial charge in [-0.05, 0) is 43.5 Å². The second-order valence-corrected chi connectivity index (χ2v) is 5.95. The van der Waals surface area contributed by atoms with Gasteiger partial charge in [-0.2, -0.15) is 0 Å². The van der Waals surface area contributed by atoms with Crippen LogP contribution in [0.3, 0.4) is 0 Å². The molecule has 1 aromatic rings. The molecule has 1 aromatic heterocycles. The van der Waals surface area contributed by atoms with Crippen molar-refractivity contribution >= 4 is 5.82 Å². The molecule has 4 heteroatoms. The summed E-state index contributed by atoms with van der Waals surface area (Å²) < 4.78 is 5.52. The first-order chi connectivity index (χ1) is 9.65. The lowest BCUT2D eigenvalue weighted by atomic mass is 10.2. The summed E-state index contributed by atoms with van der Waals surface area (Å²) in [5.41, 5.74) is 2.41. The molecule has 0 aromatic carbocycles. The van der Waals surface area contributed by atoms with Gasteiger partial charge in [0.2, 0.25) is 0 Å². The highest BCUT2D eigenvalue weighted by atomic mass is 16.5. The number of nitrogens with zero attached hydrogens (tertiary/aromatic N) is 2. The number of pyridine rings is 1. The Hall–Kier alpha value is -1.13. The molecule has 1 fully saturated rings. The van der Waals surface area contributed by atoms with E-state index in [1.54, 1.807) is 0 Å². The van der Waals surface area contributed by atoms with Crippen LogP contribution in [0.5, 0.6) is 0 Å². The number of ether oxygens (including phenoxy) is 1. The number of rotatable bonds is 5. The van der Waals surface area contributed by atoms with E-state index in [4.69, 9.17) is 4.74 Å². The number of aromatic nitrogens is 1. The number of nitrogens with one attached hydrogen (secondary N) is 1. The Morgan fingerprint density at radius 2 is 2.15 bits per heavy atom. The average Bonchev–Trinajstić information content (AvgIpc) is 2.66. The van der Waals surface area contributed by atoms with Crippen molar-refractivity contribution in [3.05, 3.63) is 23.4 Å². The lowest BCUT2D eigenvalue weighted by molar-refractivity contribution is 0.152. The minimum absolute atomic E-state index is 0.681. The van der Waals surface area contributed by atoms with Crippen molar-refractivity contribution in [2.24, 2.45) is 5.92 Å². The molecule has 0 spiro atoms. The minimum Gasteiger partial charge on any atom is -0.380 e. The Kier molecular flexibility index (Phi) is 5.80. The second-order valence-electron chi connectivity index (χ2n) is 5.95. The Labute approximate surface area is 122 Å². The topological polar surface area (TPSA) is 37.4 Å². The van der Waals surface area contributed by atoms with Gasteiger partial charge in [-0.3, -0.25) is 0 Å². The standard InChI is InChI=1S/C16H27N3O/c1-13(2)11-17-12-15-9-14(3)18-16(10-15)19-5-4-7-20-8-6-19/h9-10,13,17H,4-8,11-12H2,1-3H3. The van der Waals surface area contributed by atoms with Gasteiger partial charge in [0.25, 0.3) is 0 Å². The van der Waals surface area contributed by atoms with Crippen LogP contribution in [0, 0.1) is 12.8 Å². The summed E-state index contributed by atoms with van der Waals surface area (Å²) in [5, 5.41) is 3.50. The molecule has 1 saturated heterocycles. The van der Waals surface area contributed by atoms with Crippen molar-refractivity contribution in [2.45, 2.75) is 33.7 Å². The highest BCUT2D eigenvalue weighted by Gasteiger charge is 2.12. The number of aryl methyl sites for hydroxylation is 1. The zero-order chi connectivity index (χ0) is 14.4. The molecule has 0 aliphatic carbocycles. The predicted octanol–water partition coefficient (Wildman–Crippen LogP) is 2.36. The fourth-order valence-electron chi connectivity index (χ4n) is 2.47. The largest absolute Gasteiger partial charge is 0.380 e. The summed E-state index contributed by atoms with van der Waals surface area (Å²) in [4.78, 5) is 7.02. The number of anilines is 1. The maximum absolute atomic E-state index is 5.52. The van der Waals surface area contributed by atoms with E-state index in [0.29, 0.717) is 5.92 Å². The molecule has 0 amide bonds. The van der Waals surface area contributed by atoms with Crippen molar-refractivity contribution < 1.29 is 4.74 Å². The van der Waals surface area contributed by atoms with Crippen LogP contribution in [0.4, 0.5) is 5.82 Å². The molecule has 1 aliphatic rings.